The smallest absolute Gasteiger partial charge is 0.247 e. The molecule has 1 fully saturated rings. The Morgan fingerprint density at radius 2 is 2.11 bits per heavy atom. The van der Waals surface area contributed by atoms with Gasteiger partial charge in [-0.05, 0) is 31.5 Å². The van der Waals surface area contributed by atoms with E-state index in [1.54, 1.807) is 6.92 Å². The van der Waals surface area contributed by atoms with Gasteiger partial charge in [-0.2, -0.15) is 0 Å². The molecule has 1 unspecified atom stereocenters. The van der Waals surface area contributed by atoms with Gasteiger partial charge in [-0.25, -0.2) is 0 Å². The quantitative estimate of drug-likeness (QED) is 0.865. The molecular weight excluding hydrogens is 306 g/mol. The highest BCUT2D eigenvalue weighted by molar-refractivity contribution is 9.10. The number of piperazine rings is 1. The highest BCUT2D eigenvalue weighted by atomic mass is 79.9. The van der Waals surface area contributed by atoms with E-state index in [2.05, 4.69) is 28.2 Å². The molecule has 0 radical (unpaired) electrons. The van der Waals surface area contributed by atoms with Gasteiger partial charge in [-0.15, -0.1) is 0 Å². The minimum absolute atomic E-state index is 0.0110. The summed E-state index contributed by atoms with van der Waals surface area (Å²) in [5.74, 6) is -0.0110. The molecule has 19 heavy (non-hydrogen) atoms. The maximum absolute atomic E-state index is 12.6. The number of carbonyl (C=O) groups excluding carboxylic acids is 1. The molecule has 0 bridgehead atoms. The number of hydrogen-bond donors (Lipinski definition) is 2. The van der Waals surface area contributed by atoms with E-state index in [1.165, 1.54) is 0 Å². The minimum Gasteiger partial charge on any atom is -0.338 e. The molecule has 1 amide bonds. The van der Waals surface area contributed by atoms with Crippen LogP contribution in [0.1, 0.15) is 19.4 Å². The molecule has 4 nitrogen and oxygen atoms in total. The van der Waals surface area contributed by atoms with Crippen LogP contribution in [0.4, 0.5) is 0 Å². The van der Waals surface area contributed by atoms with E-state index in [0.717, 1.165) is 16.6 Å². The highest BCUT2D eigenvalue weighted by Gasteiger charge is 2.35. The first-order valence-electron chi connectivity index (χ1n) is 6.49. The summed E-state index contributed by atoms with van der Waals surface area (Å²) in [5.41, 5.74) is 6.15. The SMILES string of the molecule is C[C@H]1CN(C(=O)C(C)(N)c2ccc(Br)cc2)CCN1. The number of nitrogens with zero attached hydrogens (tertiary/aromatic N) is 1. The van der Waals surface area contributed by atoms with Crippen LogP contribution in [0.2, 0.25) is 0 Å². The van der Waals surface area contributed by atoms with E-state index in [-0.39, 0.29) is 5.91 Å². The molecule has 5 heteroatoms. The number of amides is 1. The molecular formula is C14H20BrN3O. The van der Waals surface area contributed by atoms with E-state index in [0.29, 0.717) is 19.1 Å². The first-order valence-corrected chi connectivity index (χ1v) is 7.28. The highest BCUT2D eigenvalue weighted by Crippen LogP contribution is 2.23. The van der Waals surface area contributed by atoms with E-state index in [1.807, 2.05) is 29.2 Å². The van der Waals surface area contributed by atoms with Crippen LogP contribution in [0.3, 0.4) is 0 Å². The average molecular weight is 326 g/mol. The number of hydrogen-bond acceptors (Lipinski definition) is 3. The Balaban J connectivity index is 2.18. The van der Waals surface area contributed by atoms with Gasteiger partial charge in [0.25, 0.3) is 0 Å². The van der Waals surface area contributed by atoms with Crippen molar-refractivity contribution in [3.63, 3.8) is 0 Å². The van der Waals surface area contributed by atoms with Crippen LogP contribution in [0.5, 0.6) is 0 Å². The van der Waals surface area contributed by atoms with Gasteiger partial charge < -0.3 is 16.0 Å². The summed E-state index contributed by atoms with van der Waals surface area (Å²) in [6.45, 7) is 6.11. The average Bonchev–Trinajstić information content (AvgIpc) is 2.38. The zero-order valence-corrected chi connectivity index (χ0v) is 12.9. The van der Waals surface area contributed by atoms with Crippen molar-refractivity contribution in [2.75, 3.05) is 19.6 Å². The molecule has 1 aromatic carbocycles. The standard InChI is InChI=1S/C14H20BrN3O/c1-10-9-18(8-7-17-10)13(19)14(2,16)11-3-5-12(15)6-4-11/h3-6,10,17H,7-9,16H2,1-2H3/t10-,14?/m0/s1. The molecule has 2 atom stereocenters. The lowest BCUT2D eigenvalue weighted by atomic mass is 9.91. The fourth-order valence-corrected chi connectivity index (χ4v) is 2.63. The van der Waals surface area contributed by atoms with Crippen LogP contribution in [0.15, 0.2) is 28.7 Å². The van der Waals surface area contributed by atoms with Gasteiger partial charge in [0.2, 0.25) is 5.91 Å². The van der Waals surface area contributed by atoms with Gasteiger partial charge in [0.15, 0.2) is 0 Å². The van der Waals surface area contributed by atoms with Crippen LogP contribution >= 0.6 is 15.9 Å². The maximum atomic E-state index is 12.6. The van der Waals surface area contributed by atoms with E-state index in [4.69, 9.17) is 5.73 Å². The van der Waals surface area contributed by atoms with Crippen LogP contribution in [0.25, 0.3) is 0 Å². The van der Waals surface area contributed by atoms with Crippen LogP contribution in [-0.2, 0) is 10.3 Å². The summed E-state index contributed by atoms with van der Waals surface area (Å²) in [6, 6.07) is 7.93. The number of nitrogens with two attached hydrogens (primary N) is 1. The van der Waals surface area contributed by atoms with Crippen molar-refractivity contribution in [3.05, 3.63) is 34.3 Å². The summed E-state index contributed by atoms with van der Waals surface area (Å²) in [4.78, 5) is 14.5. The maximum Gasteiger partial charge on any atom is 0.247 e. The molecule has 1 saturated heterocycles. The van der Waals surface area contributed by atoms with Crippen molar-refractivity contribution in [2.45, 2.75) is 25.4 Å². The molecule has 2 rings (SSSR count). The molecule has 0 aliphatic carbocycles. The molecule has 1 aliphatic heterocycles. The summed E-state index contributed by atoms with van der Waals surface area (Å²) in [6.07, 6.45) is 0. The number of carbonyl (C=O) groups is 1. The Bertz CT molecular complexity index is 458. The Morgan fingerprint density at radius 3 is 2.68 bits per heavy atom. The van der Waals surface area contributed by atoms with Crippen LogP contribution < -0.4 is 11.1 Å². The van der Waals surface area contributed by atoms with Crippen molar-refractivity contribution < 1.29 is 4.79 Å². The monoisotopic (exact) mass is 325 g/mol. The number of halogens is 1. The van der Waals surface area contributed by atoms with Gasteiger partial charge in [0.1, 0.15) is 5.54 Å². The molecule has 0 aromatic heterocycles. The number of rotatable bonds is 2. The third kappa shape index (κ3) is 3.16. The van der Waals surface area contributed by atoms with Crippen molar-refractivity contribution in [3.8, 4) is 0 Å². The minimum atomic E-state index is -0.974. The summed E-state index contributed by atoms with van der Waals surface area (Å²) >= 11 is 3.39. The first-order chi connectivity index (χ1) is 8.91. The normalized spacial score (nSPS) is 22.9. The van der Waals surface area contributed by atoms with Gasteiger partial charge in [-0.3, -0.25) is 4.79 Å². The van der Waals surface area contributed by atoms with Crippen LogP contribution in [-0.4, -0.2) is 36.5 Å². The lowest BCUT2D eigenvalue weighted by Gasteiger charge is -2.37. The lowest BCUT2D eigenvalue weighted by molar-refractivity contribution is -0.137. The fraction of sp³-hybridized carbons (Fsp3) is 0.500. The molecule has 0 saturated carbocycles. The van der Waals surface area contributed by atoms with E-state index < -0.39 is 5.54 Å². The number of benzene rings is 1. The van der Waals surface area contributed by atoms with Gasteiger partial charge in [-0.1, -0.05) is 28.1 Å². The zero-order valence-electron chi connectivity index (χ0n) is 11.3. The first kappa shape index (κ1) is 14.5. The second kappa shape index (κ2) is 5.61. The Morgan fingerprint density at radius 1 is 1.47 bits per heavy atom. The molecule has 0 spiro atoms. The lowest BCUT2D eigenvalue weighted by Crippen LogP contribution is -2.58. The molecule has 104 valence electrons. The largest absolute Gasteiger partial charge is 0.338 e. The van der Waals surface area contributed by atoms with Crippen molar-refractivity contribution in [2.24, 2.45) is 5.73 Å². The molecule has 1 aliphatic rings. The van der Waals surface area contributed by atoms with Crippen molar-refractivity contribution >= 4 is 21.8 Å². The van der Waals surface area contributed by atoms with Crippen molar-refractivity contribution in [1.82, 2.24) is 10.2 Å². The predicted octanol–water partition coefficient (Wildman–Crippen LogP) is 1.44. The van der Waals surface area contributed by atoms with Gasteiger partial charge >= 0.3 is 0 Å². The molecule has 1 aromatic rings. The predicted molar refractivity (Wildman–Crippen MR) is 79.7 cm³/mol. The fourth-order valence-electron chi connectivity index (χ4n) is 2.36. The Hall–Kier alpha value is -0.910. The van der Waals surface area contributed by atoms with Crippen molar-refractivity contribution in [1.29, 1.82) is 0 Å². The number of nitrogens with one attached hydrogen (secondary N) is 1. The molecule has 1 heterocycles. The van der Waals surface area contributed by atoms with Gasteiger partial charge in [0, 0.05) is 30.1 Å². The Labute approximate surface area is 122 Å². The van der Waals surface area contributed by atoms with Crippen LogP contribution in [0, 0.1) is 0 Å². The third-order valence-corrected chi connectivity index (χ3v) is 4.07. The topological polar surface area (TPSA) is 58.4 Å². The Kier molecular flexibility index (Phi) is 4.28. The zero-order chi connectivity index (χ0) is 14.0. The third-order valence-electron chi connectivity index (χ3n) is 3.54. The van der Waals surface area contributed by atoms with Gasteiger partial charge in [0.05, 0.1) is 0 Å². The molecule has 3 N–H and O–H groups in total. The van der Waals surface area contributed by atoms with E-state index in [9.17, 15) is 4.79 Å². The summed E-state index contributed by atoms with van der Waals surface area (Å²) in [5, 5.41) is 3.32. The second-order valence-corrected chi connectivity index (χ2v) is 6.23. The second-order valence-electron chi connectivity index (χ2n) is 5.32. The summed E-state index contributed by atoms with van der Waals surface area (Å²) in [7, 11) is 0. The summed E-state index contributed by atoms with van der Waals surface area (Å²) < 4.78 is 0.982. The van der Waals surface area contributed by atoms with E-state index >= 15 is 0 Å².